The van der Waals surface area contributed by atoms with Gasteiger partial charge >= 0.3 is 17.9 Å². The summed E-state index contributed by atoms with van der Waals surface area (Å²) in [5.74, 6) is -0.858. The number of carbonyl (C=O) groups excluding carboxylic acids is 3. The van der Waals surface area contributed by atoms with Gasteiger partial charge in [-0.2, -0.15) is 0 Å². The van der Waals surface area contributed by atoms with Crippen LogP contribution in [-0.2, 0) is 28.6 Å². The third-order valence-electron chi connectivity index (χ3n) is 13.7. The topological polar surface area (TPSA) is 78.9 Å². The monoisotopic (exact) mass is 969 g/mol. The molecule has 0 aliphatic carbocycles. The predicted molar refractivity (Wildman–Crippen MR) is 298 cm³/mol. The van der Waals surface area contributed by atoms with Crippen LogP contribution >= 0.6 is 0 Å². The molecule has 69 heavy (non-hydrogen) atoms. The molecule has 0 N–H and O–H groups in total. The number of esters is 3. The van der Waals surface area contributed by atoms with Crippen LogP contribution < -0.4 is 0 Å². The van der Waals surface area contributed by atoms with Crippen molar-refractivity contribution in [3.8, 4) is 0 Å². The number of carbonyl (C=O) groups is 3. The standard InChI is InChI=1S/C63H116O6/c1-4-7-10-13-16-19-22-25-28-30-31-32-34-35-38-41-44-47-50-53-56-62(65)68-59-60(58-67-61(64)55-52-49-46-43-40-37-27-24-21-18-15-12-9-6-3)69-63(66)57-54-51-48-45-42-39-36-33-29-26-23-20-17-14-11-8-5-2/h8,11,17,20,26,29,60H,4-7,9-10,12-16,18-19,21-25,27-28,30-59H2,1-3H3/b11-8-,20-17-,29-26-. The molecule has 0 amide bonds. The van der Waals surface area contributed by atoms with Crippen molar-refractivity contribution in [2.24, 2.45) is 0 Å². The van der Waals surface area contributed by atoms with Crippen molar-refractivity contribution in [1.29, 1.82) is 0 Å². The Labute approximate surface area is 429 Å². The highest BCUT2D eigenvalue weighted by molar-refractivity contribution is 5.71. The molecule has 0 aromatic carbocycles. The summed E-state index contributed by atoms with van der Waals surface area (Å²) in [7, 11) is 0. The van der Waals surface area contributed by atoms with Crippen molar-refractivity contribution in [2.45, 2.75) is 335 Å². The summed E-state index contributed by atoms with van der Waals surface area (Å²) in [5.41, 5.74) is 0. The molecule has 0 rings (SSSR count). The predicted octanol–water partition coefficient (Wildman–Crippen LogP) is 20.4. The highest BCUT2D eigenvalue weighted by Gasteiger charge is 2.19. The molecule has 1 unspecified atom stereocenters. The van der Waals surface area contributed by atoms with E-state index in [1.54, 1.807) is 0 Å². The molecule has 0 aromatic rings. The van der Waals surface area contributed by atoms with Gasteiger partial charge in [0.15, 0.2) is 6.10 Å². The molecule has 6 heteroatoms. The van der Waals surface area contributed by atoms with E-state index in [2.05, 4.69) is 57.2 Å². The Bertz CT molecular complexity index is 1160. The van der Waals surface area contributed by atoms with Crippen molar-refractivity contribution in [3.63, 3.8) is 0 Å². The number of hydrogen-bond donors (Lipinski definition) is 0. The lowest BCUT2D eigenvalue weighted by Gasteiger charge is -2.18. The van der Waals surface area contributed by atoms with E-state index < -0.39 is 6.10 Å². The highest BCUT2D eigenvalue weighted by Crippen LogP contribution is 2.17. The van der Waals surface area contributed by atoms with E-state index >= 15 is 0 Å². The molecule has 0 saturated heterocycles. The Balaban J connectivity index is 4.31. The molecule has 0 saturated carbocycles. The molecule has 0 aromatic heterocycles. The molecule has 1 atom stereocenters. The first kappa shape index (κ1) is 66.6. The van der Waals surface area contributed by atoms with Crippen LogP contribution in [0.4, 0.5) is 0 Å². The van der Waals surface area contributed by atoms with Gasteiger partial charge in [-0.1, -0.05) is 295 Å². The maximum Gasteiger partial charge on any atom is 0.306 e. The van der Waals surface area contributed by atoms with Gasteiger partial charge in [0.25, 0.3) is 0 Å². The summed E-state index contributed by atoms with van der Waals surface area (Å²) in [4.78, 5) is 38.2. The molecule has 0 heterocycles. The zero-order valence-electron chi connectivity index (χ0n) is 46.3. The first-order chi connectivity index (χ1) is 34.0. The van der Waals surface area contributed by atoms with Crippen LogP contribution in [0.3, 0.4) is 0 Å². The fraction of sp³-hybridized carbons (Fsp3) is 0.857. The lowest BCUT2D eigenvalue weighted by molar-refractivity contribution is -0.167. The first-order valence-corrected chi connectivity index (χ1v) is 30.5. The average molecular weight is 970 g/mol. The molecule has 0 aliphatic rings. The van der Waals surface area contributed by atoms with Crippen molar-refractivity contribution in [2.75, 3.05) is 13.2 Å². The van der Waals surface area contributed by atoms with E-state index in [1.165, 1.54) is 205 Å². The number of rotatable bonds is 56. The van der Waals surface area contributed by atoms with Gasteiger partial charge in [-0.15, -0.1) is 0 Å². The van der Waals surface area contributed by atoms with Gasteiger partial charge in [0.2, 0.25) is 0 Å². The average Bonchev–Trinajstić information content (AvgIpc) is 3.35. The van der Waals surface area contributed by atoms with Gasteiger partial charge in [0.1, 0.15) is 13.2 Å². The van der Waals surface area contributed by atoms with Gasteiger partial charge in [-0.05, 0) is 51.4 Å². The fourth-order valence-corrected chi connectivity index (χ4v) is 9.11. The van der Waals surface area contributed by atoms with Crippen molar-refractivity contribution in [1.82, 2.24) is 0 Å². The van der Waals surface area contributed by atoms with Gasteiger partial charge in [0, 0.05) is 19.3 Å². The fourth-order valence-electron chi connectivity index (χ4n) is 9.11. The second kappa shape index (κ2) is 58.2. The lowest BCUT2D eigenvalue weighted by Crippen LogP contribution is -2.30. The molecule has 0 spiro atoms. The van der Waals surface area contributed by atoms with E-state index in [1.807, 2.05) is 0 Å². The smallest absolute Gasteiger partial charge is 0.306 e. The maximum absolute atomic E-state index is 12.9. The Kier molecular flexibility index (Phi) is 56.2. The minimum absolute atomic E-state index is 0.0710. The minimum Gasteiger partial charge on any atom is -0.462 e. The molecule has 0 radical (unpaired) electrons. The van der Waals surface area contributed by atoms with Gasteiger partial charge in [0.05, 0.1) is 0 Å². The van der Waals surface area contributed by atoms with Gasteiger partial charge < -0.3 is 14.2 Å². The zero-order chi connectivity index (χ0) is 50.0. The summed E-state index contributed by atoms with van der Waals surface area (Å²) >= 11 is 0. The number of ether oxygens (including phenoxy) is 3. The molecule has 0 fully saturated rings. The second-order valence-corrected chi connectivity index (χ2v) is 20.6. The molecular weight excluding hydrogens is 853 g/mol. The second-order valence-electron chi connectivity index (χ2n) is 20.6. The molecule has 404 valence electrons. The van der Waals surface area contributed by atoms with Crippen LogP contribution in [0.15, 0.2) is 36.5 Å². The van der Waals surface area contributed by atoms with Crippen LogP contribution in [0.2, 0.25) is 0 Å². The maximum atomic E-state index is 12.9. The molecule has 0 bridgehead atoms. The van der Waals surface area contributed by atoms with Crippen molar-refractivity contribution >= 4 is 17.9 Å². The van der Waals surface area contributed by atoms with Crippen molar-refractivity contribution < 1.29 is 28.6 Å². The Morgan fingerprint density at radius 3 is 0.884 bits per heavy atom. The highest BCUT2D eigenvalue weighted by atomic mass is 16.6. The van der Waals surface area contributed by atoms with Crippen LogP contribution in [0, 0.1) is 0 Å². The van der Waals surface area contributed by atoms with Crippen LogP contribution in [0.25, 0.3) is 0 Å². The van der Waals surface area contributed by atoms with Gasteiger partial charge in [-0.3, -0.25) is 14.4 Å². The Morgan fingerprint density at radius 1 is 0.304 bits per heavy atom. The lowest BCUT2D eigenvalue weighted by atomic mass is 10.0. The van der Waals surface area contributed by atoms with Crippen LogP contribution in [0.1, 0.15) is 329 Å². The SMILES string of the molecule is CC/C=C\C/C=C\C/C=C\CCCCCCCCCC(=O)OC(COC(=O)CCCCCCCCCCCCCCCC)COC(=O)CCCCCCCCCCCCCCCCCCCCCC. The third kappa shape index (κ3) is 56.4. The summed E-state index contributed by atoms with van der Waals surface area (Å²) in [6.07, 6.45) is 70.0. The largest absolute Gasteiger partial charge is 0.462 e. The number of unbranched alkanes of at least 4 members (excludes halogenated alkanes) is 39. The summed E-state index contributed by atoms with van der Waals surface area (Å²) in [6, 6.07) is 0. The van der Waals surface area contributed by atoms with E-state index in [0.717, 1.165) is 83.5 Å². The summed E-state index contributed by atoms with van der Waals surface area (Å²) in [6.45, 7) is 6.58. The summed E-state index contributed by atoms with van der Waals surface area (Å²) < 4.78 is 16.9. The zero-order valence-corrected chi connectivity index (χ0v) is 46.3. The minimum atomic E-state index is -0.773. The third-order valence-corrected chi connectivity index (χ3v) is 13.7. The molecular formula is C63H116O6. The number of hydrogen-bond acceptors (Lipinski definition) is 6. The quantitative estimate of drug-likeness (QED) is 0.0261. The van der Waals surface area contributed by atoms with Gasteiger partial charge in [-0.25, -0.2) is 0 Å². The van der Waals surface area contributed by atoms with Crippen LogP contribution in [-0.4, -0.2) is 37.2 Å². The summed E-state index contributed by atoms with van der Waals surface area (Å²) in [5, 5.41) is 0. The Hall–Kier alpha value is -2.37. The van der Waals surface area contributed by atoms with E-state index in [4.69, 9.17) is 14.2 Å². The van der Waals surface area contributed by atoms with E-state index in [-0.39, 0.29) is 31.1 Å². The van der Waals surface area contributed by atoms with E-state index in [9.17, 15) is 14.4 Å². The molecule has 0 aliphatic heterocycles. The first-order valence-electron chi connectivity index (χ1n) is 30.5. The Morgan fingerprint density at radius 2 is 0.565 bits per heavy atom. The van der Waals surface area contributed by atoms with Crippen LogP contribution in [0.5, 0.6) is 0 Å². The van der Waals surface area contributed by atoms with Crippen molar-refractivity contribution in [3.05, 3.63) is 36.5 Å². The molecule has 6 nitrogen and oxygen atoms in total. The number of allylic oxidation sites excluding steroid dienone is 6. The normalized spacial score (nSPS) is 12.2. The van der Waals surface area contributed by atoms with E-state index in [0.29, 0.717) is 19.3 Å².